The van der Waals surface area contributed by atoms with E-state index in [1.165, 1.54) is 10.6 Å². The molecular formula is C13H10ClF2N3O. The van der Waals surface area contributed by atoms with Crippen molar-refractivity contribution in [3.8, 4) is 0 Å². The summed E-state index contributed by atoms with van der Waals surface area (Å²) in [5.41, 5.74) is 1.15. The van der Waals surface area contributed by atoms with Crippen LogP contribution in [0.1, 0.15) is 17.3 Å². The first-order valence-corrected chi connectivity index (χ1v) is 6.45. The van der Waals surface area contributed by atoms with Crippen molar-refractivity contribution >= 4 is 22.6 Å². The molecule has 0 saturated carbocycles. The van der Waals surface area contributed by atoms with Crippen LogP contribution < -0.4 is 0 Å². The zero-order valence-corrected chi connectivity index (χ0v) is 11.3. The highest BCUT2D eigenvalue weighted by molar-refractivity contribution is 6.16. The molecule has 0 N–H and O–H groups in total. The van der Waals surface area contributed by atoms with Crippen molar-refractivity contribution in [3.63, 3.8) is 0 Å². The fourth-order valence-electron chi connectivity index (χ4n) is 2.12. The lowest BCUT2D eigenvalue weighted by molar-refractivity contribution is 0.372. The van der Waals surface area contributed by atoms with Gasteiger partial charge in [-0.15, -0.1) is 11.6 Å². The standard InChI is InChI=1S/C13H10ClF2N3O/c1-7-4-8(20-18-7)6-19-11(5-14)17-10-3-2-9(15)12(16)13(10)19/h2-4H,5-6H2,1H3. The summed E-state index contributed by atoms with van der Waals surface area (Å²) in [6, 6.07) is 4.19. The van der Waals surface area contributed by atoms with E-state index in [-0.39, 0.29) is 17.9 Å². The lowest BCUT2D eigenvalue weighted by Crippen LogP contribution is -2.04. The Labute approximate surface area is 118 Å². The van der Waals surface area contributed by atoms with Crippen LogP contribution in [0.15, 0.2) is 22.7 Å². The molecule has 3 aromatic rings. The summed E-state index contributed by atoms with van der Waals surface area (Å²) in [6.07, 6.45) is 0. The van der Waals surface area contributed by atoms with Crippen LogP contribution in [0.2, 0.25) is 0 Å². The van der Waals surface area contributed by atoms with Crippen molar-refractivity contribution in [3.05, 3.63) is 47.1 Å². The van der Waals surface area contributed by atoms with E-state index in [0.717, 1.165) is 6.07 Å². The van der Waals surface area contributed by atoms with Crippen LogP contribution in [0.25, 0.3) is 11.0 Å². The van der Waals surface area contributed by atoms with E-state index >= 15 is 0 Å². The zero-order valence-electron chi connectivity index (χ0n) is 10.5. The van der Waals surface area contributed by atoms with Crippen LogP contribution in [0.5, 0.6) is 0 Å². The summed E-state index contributed by atoms with van der Waals surface area (Å²) in [6.45, 7) is 1.97. The second-order valence-electron chi connectivity index (χ2n) is 4.41. The molecule has 104 valence electrons. The second-order valence-corrected chi connectivity index (χ2v) is 4.68. The number of nitrogens with zero attached hydrogens (tertiary/aromatic N) is 3. The minimum atomic E-state index is -0.942. The normalized spacial score (nSPS) is 11.4. The molecule has 0 aliphatic heterocycles. The van der Waals surface area contributed by atoms with Gasteiger partial charge in [-0.3, -0.25) is 0 Å². The molecule has 0 atom stereocenters. The first-order chi connectivity index (χ1) is 9.60. The molecule has 0 saturated heterocycles. The second kappa shape index (κ2) is 4.86. The number of aromatic nitrogens is 3. The lowest BCUT2D eigenvalue weighted by Gasteiger charge is -2.05. The average molecular weight is 298 g/mol. The van der Waals surface area contributed by atoms with Crippen LogP contribution in [-0.2, 0) is 12.4 Å². The molecule has 4 nitrogen and oxygen atoms in total. The van der Waals surface area contributed by atoms with Gasteiger partial charge in [0.2, 0.25) is 0 Å². The monoisotopic (exact) mass is 297 g/mol. The van der Waals surface area contributed by atoms with E-state index in [1.807, 2.05) is 0 Å². The van der Waals surface area contributed by atoms with Crippen molar-refractivity contribution in [2.45, 2.75) is 19.3 Å². The van der Waals surface area contributed by atoms with Gasteiger partial charge in [-0.2, -0.15) is 0 Å². The fraction of sp³-hybridized carbons (Fsp3) is 0.231. The van der Waals surface area contributed by atoms with E-state index in [1.54, 1.807) is 13.0 Å². The number of hydrogen-bond donors (Lipinski definition) is 0. The molecule has 0 radical (unpaired) electrons. The third-order valence-corrected chi connectivity index (χ3v) is 3.23. The Kier molecular flexibility index (Phi) is 3.17. The van der Waals surface area contributed by atoms with Crippen LogP contribution in [-0.4, -0.2) is 14.7 Å². The first kappa shape index (κ1) is 13.1. The Morgan fingerprint density at radius 1 is 1.35 bits per heavy atom. The summed E-state index contributed by atoms with van der Waals surface area (Å²) in [4.78, 5) is 4.20. The molecule has 7 heteroatoms. The predicted octanol–water partition coefficient (Wildman–Crippen LogP) is 3.40. The highest BCUT2D eigenvalue weighted by atomic mass is 35.5. The van der Waals surface area contributed by atoms with Crippen molar-refractivity contribution in [2.75, 3.05) is 0 Å². The topological polar surface area (TPSA) is 43.9 Å². The zero-order chi connectivity index (χ0) is 14.3. The maximum Gasteiger partial charge on any atom is 0.184 e. The van der Waals surface area contributed by atoms with Crippen molar-refractivity contribution in [1.82, 2.24) is 14.7 Å². The molecule has 0 amide bonds. The van der Waals surface area contributed by atoms with Crippen LogP contribution in [0.3, 0.4) is 0 Å². The summed E-state index contributed by atoms with van der Waals surface area (Å²) in [5, 5.41) is 3.76. The van der Waals surface area contributed by atoms with E-state index in [2.05, 4.69) is 10.1 Å². The molecule has 0 spiro atoms. The number of alkyl halides is 1. The van der Waals surface area contributed by atoms with E-state index < -0.39 is 11.6 Å². The molecule has 20 heavy (non-hydrogen) atoms. The first-order valence-electron chi connectivity index (χ1n) is 5.91. The number of fused-ring (bicyclic) bond motifs is 1. The summed E-state index contributed by atoms with van der Waals surface area (Å²) in [7, 11) is 0. The average Bonchev–Trinajstić information content (AvgIpc) is 2.99. The molecule has 0 unspecified atom stereocenters. The Bertz CT molecular complexity index is 781. The molecule has 0 aliphatic carbocycles. The Balaban J connectivity index is 2.19. The minimum Gasteiger partial charge on any atom is -0.359 e. The van der Waals surface area contributed by atoms with Gasteiger partial charge in [0.1, 0.15) is 11.3 Å². The highest BCUT2D eigenvalue weighted by Crippen LogP contribution is 2.24. The quantitative estimate of drug-likeness (QED) is 0.696. The molecular weight excluding hydrogens is 288 g/mol. The number of imidazole rings is 1. The van der Waals surface area contributed by atoms with Gasteiger partial charge in [0.25, 0.3) is 0 Å². The van der Waals surface area contributed by atoms with Crippen LogP contribution >= 0.6 is 11.6 Å². The van der Waals surface area contributed by atoms with Gasteiger partial charge in [-0.25, -0.2) is 13.8 Å². The van der Waals surface area contributed by atoms with Gasteiger partial charge in [-0.05, 0) is 19.1 Å². The molecule has 0 aliphatic rings. The van der Waals surface area contributed by atoms with E-state index in [4.69, 9.17) is 16.1 Å². The number of aryl methyl sites for hydroxylation is 1. The highest BCUT2D eigenvalue weighted by Gasteiger charge is 2.18. The molecule has 1 aromatic carbocycles. The largest absolute Gasteiger partial charge is 0.359 e. The minimum absolute atomic E-state index is 0.0784. The van der Waals surface area contributed by atoms with Gasteiger partial charge in [0.05, 0.1) is 23.6 Å². The Morgan fingerprint density at radius 2 is 2.15 bits per heavy atom. The molecule has 2 heterocycles. The summed E-state index contributed by atoms with van der Waals surface area (Å²) >= 11 is 5.82. The van der Waals surface area contributed by atoms with E-state index in [0.29, 0.717) is 22.8 Å². The third-order valence-electron chi connectivity index (χ3n) is 2.99. The van der Waals surface area contributed by atoms with Gasteiger partial charge in [-0.1, -0.05) is 5.16 Å². The third kappa shape index (κ3) is 2.06. The summed E-state index contributed by atoms with van der Waals surface area (Å²) in [5.74, 6) is -0.809. The Morgan fingerprint density at radius 3 is 2.80 bits per heavy atom. The van der Waals surface area contributed by atoms with Gasteiger partial charge < -0.3 is 9.09 Å². The SMILES string of the molecule is Cc1cc(Cn2c(CCl)nc3ccc(F)c(F)c32)on1. The van der Waals surface area contributed by atoms with Crippen molar-refractivity contribution in [1.29, 1.82) is 0 Å². The molecule has 3 rings (SSSR count). The van der Waals surface area contributed by atoms with Gasteiger partial charge >= 0.3 is 0 Å². The van der Waals surface area contributed by atoms with Gasteiger partial charge in [0.15, 0.2) is 17.4 Å². The van der Waals surface area contributed by atoms with Gasteiger partial charge in [0, 0.05) is 6.07 Å². The number of hydrogen-bond acceptors (Lipinski definition) is 3. The number of rotatable bonds is 3. The Hall–Kier alpha value is -1.95. The number of halogens is 3. The lowest BCUT2D eigenvalue weighted by atomic mass is 10.3. The predicted molar refractivity (Wildman–Crippen MR) is 69.5 cm³/mol. The number of benzene rings is 1. The maximum atomic E-state index is 14.0. The van der Waals surface area contributed by atoms with Crippen molar-refractivity contribution in [2.24, 2.45) is 0 Å². The van der Waals surface area contributed by atoms with Crippen LogP contribution in [0.4, 0.5) is 8.78 Å². The smallest absolute Gasteiger partial charge is 0.184 e. The van der Waals surface area contributed by atoms with E-state index in [9.17, 15) is 8.78 Å². The molecule has 2 aromatic heterocycles. The van der Waals surface area contributed by atoms with Crippen molar-refractivity contribution < 1.29 is 13.3 Å². The summed E-state index contributed by atoms with van der Waals surface area (Å²) < 4.78 is 34.0. The fourth-order valence-corrected chi connectivity index (χ4v) is 2.33. The molecule has 0 bridgehead atoms. The molecule has 0 fully saturated rings. The van der Waals surface area contributed by atoms with Crippen LogP contribution in [0, 0.1) is 18.6 Å². The maximum absolute atomic E-state index is 14.0.